The quantitative estimate of drug-likeness (QED) is 0.555. The van der Waals surface area contributed by atoms with Crippen LogP contribution < -0.4 is 19.8 Å². The number of rotatable bonds is 7. The summed E-state index contributed by atoms with van der Waals surface area (Å²) in [6.45, 7) is 0. The van der Waals surface area contributed by atoms with Crippen molar-refractivity contribution in [1.29, 1.82) is 0 Å². The molecule has 166 valence electrons. The van der Waals surface area contributed by atoms with Crippen molar-refractivity contribution in [2.75, 3.05) is 21.3 Å². The number of benzene rings is 2. The zero-order valence-corrected chi connectivity index (χ0v) is 17.6. The van der Waals surface area contributed by atoms with E-state index in [0.29, 0.717) is 33.8 Å². The van der Waals surface area contributed by atoms with Crippen LogP contribution in [0.5, 0.6) is 17.2 Å². The van der Waals surface area contributed by atoms with Gasteiger partial charge in [0, 0.05) is 13.0 Å². The molecule has 3 rings (SSSR count). The van der Waals surface area contributed by atoms with Gasteiger partial charge in [0.25, 0.3) is 5.56 Å². The van der Waals surface area contributed by atoms with Crippen molar-refractivity contribution in [3.63, 3.8) is 0 Å². The summed E-state index contributed by atoms with van der Waals surface area (Å²) in [5, 5.41) is 0. The average Bonchev–Trinajstić information content (AvgIpc) is 2.74. The lowest BCUT2D eigenvalue weighted by molar-refractivity contribution is -0.139. The minimum absolute atomic E-state index is 0.0865. The Balaban J connectivity index is 2.13. The topological polar surface area (TPSA) is 62.6 Å². The van der Waals surface area contributed by atoms with E-state index in [-0.39, 0.29) is 12.1 Å². The molecule has 0 N–H and O–H groups in total. The summed E-state index contributed by atoms with van der Waals surface area (Å²) in [4.78, 5) is 17.2. The Kier molecular flexibility index (Phi) is 6.42. The zero-order chi connectivity index (χ0) is 22.8. The Bertz CT molecular complexity index is 1120. The summed E-state index contributed by atoms with van der Waals surface area (Å²) in [6, 6.07) is 9.99. The summed E-state index contributed by atoms with van der Waals surface area (Å²) in [7, 11) is 5.82. The minimum Gasteiger partial charge on any atom is -0.493 e. The number of nitrogens with zero attached hydrogens (tertiary/aromatic N) is 2. The van der Waals surface area contributed by atoms with Crippen LogP contribution >= 0.6 is 0 Å². The highest BCUT2D eigenvalue weighted by atomic mass is 19.4. The molecule has 0 amide bonds. The minimum atomic E-state index is -4.48. The predicted octanol–water partition coefficient (Wildman–Crippen LogP) is 4.24. The largest absolute Gasteiger partial charge is 0.493 e. The van der Waals surface area contributed by atoms with Crippen LogP contribution in [-0.2, 0) is 13.5 Å². The SMILES string of the molecule is COc1cc(CC(CC(F)(F)F)c2nc3ccccc3n(C)c2=O)cc(OC)c1OC. The molecule has 0 aliphatic heterocycles. The summed E-state index contributed by atoms with van der Waals surface area (Å²) >= 11 is 0. The van der Waals surface area contributed by atoms with Crippen molar-refractivity contribution in [2.24, 2.45) is 7.05 Å². The Morgan fingerprint density at radius 3 is 2.19 bits per heavy atom. The third-order valence-corrected chi connectivity index (χ3v) is 5.08. The van der Waals surface area contributed by atoms with Gasteiger partial charge >= 0.3 is 6.18 Å². The van der Waals surface area contributed by atoms with E-state index in [1.54, 1.807) is 36.4 Å². The lowest BCUT2D eigenvalue weighted by Crippen LogP contribution is -2.28. The van der Waals surface area contributed by atoms with Crippen molar-refractivity contribution < 1.29 is 27.4 Å². The fraction of sp³-hybridized carbons (Fsp3) is 0.364. The summed E-state index contributed by atoms with van der Waals surface area (Å²) in [5.74, 6) is -0.212. The number of hydrogen-bond donors (Lipinski definition) is 0. The van der Waals surface area contributed by atoms with Gasteiger partial charge < -0.3 is 18.8 Å². The third-order valence-electron chi connectivity index (χ3n) is 5.08. The lowest BCUT2D eigenvalue weighted by atomic mass is 9.92. The van der Waals surface area contributed by atoms with Gasteiger partial charge in [0.05, 0.1) is 38.8 Å². The maximum Gasteiger partial charge on any atom is 0.389 e. The van der Waals surface area contributed by atoms with Crippen LogP contribution in [0.2, 0.25) is 0 Å². The van der Waals surface area contributed by atoms with E-state index >= 15 is 0 Å². The third kappa shape index (κ3) is 4.76. The molecule has 1 atom stereocenters. The first-order valence-corrected chi connectivity index (χ1v) is 9.49. The molecule has 0 fully saturated rings. The van der Waals surface area contributed by atoms with E-state index in [1.807, 2.05) is 0 Å². The number of halogens is 3. The number of methoxy groups -OCH3 is 3. The molecule has 1 heterocycles. The zero-order valence-electron chi connectivity index (χ0n) is 17.6. The van der Waals surface area contributed by atoms with E-state index in [1.165, 1.54) is 32.9 Å². The fourth-order valence-electron chi connectivity index (χ4n) is 3.65. The van der Waals surface area contributed by atoms with Gasteiger partial charge in [0.1, 0.15) is 5.69 Å². The molecule has 0 spiro atoms. The van der Waals surface area contributed by atoms with Crippen molar-refractivity contribution >= 4 is 11.0 Å². The Hall–Kier alpha value is -3.23. The van der Waals surface area contributed by atoms with Gasteiger partial charge in [0.15, 0.2) is 11.5 Å². The summed E-state index contributed by atoms with van der Waals surface area (Å²) in [6.07, 6.45) is -5.76. The normalized spacial score (nSPS) is 12.6. The lowest BCUT2D eigenvalue weighted by Gasteiger charge is -2.21. The van der Waals surface area contributed by atoms with Crippen LogP contribution in [0.3, 0.4) is 0 Å². The van der Waals surface area contributed by atoms with Gasteiger partial charge in [0.2, 0.25) is 5.75 Å². The van der Waals surface area contributed by atoms with Gasteiger partial charge in [-0.2, -0.15) is 13.2 Å². The monoisotopic (exact) mass is 436 g/mol. The molecule has 31 heavy (non-hydrogen) atoms. The number of hydrogen-bond acceptors (Lipinski definition) is 5. The van der Waals surface area contributed by atoms with E-state index in [0.717, 1.165) is 0 Å². The average molecular weight is 436 g/mol. The van der Waals surface area contributed by atoms with Crippen LogP contribution in [0.1, 0.15) is 23.6 Å². The second-order valence-corrected chi connectivity index (χ2v) is 7.10. The van der Waals surface area contributed by atoms with Crippen LogP contribution in [0.15, 0.2) is 41.2 Å². The van der Waals surface area contributed by atoms with E-state index in [9.17, 15) is 18.0 Å². The van der Waals surface area contributed by atoms with Crippen molar-refractivity contribution in [2.45, 2.75) is 24.9 Å². The predicted molar refractivity (Wildman–Crippen MR) is 110 cm³/mol. The molecule has 0 radical (unpaired) electrons. The Morgan fingerprint density at radius 1 is 1.03 bits per heavy atom. The molecule has 0 saturated carbocycles. The highest BCUT2D eigenvalue weighted by Crippen LogP contribution is 2.40. The molecule has 1 unspecified atom stereocenters. The molecule has 1 aromatic heterocycles. The first-order valence-electron chi connectivity index (χ1n) is 9.49. The number of ether oxygens (including phenoxy) is 3. The van der Waals surface area contributed by atoms with Gasteiger partial charge in [-0.1, -0.05) is 12.1 Å². The van der Waals surface area contributed by atoms with Crippen molar-refractivity contribution in [3.05, 3.63) is 58.0 Å². The molecule has 0 aliphatic rings. The summed E-state index contributed by atoms with van der Waals surface area (Å²) < 4.78 is 57.5. The number of para-hydroxylation sites is 2. The molecule has 2 aromatic carbocycles. The highest BCUT2D eigenvalue weighted by Gasteiger charge is 2.35. The number of fused-ring (bicyclic) bond motifs is 1. The number of alkyl halides is 3. The van der Waals surface area contributed by atoms with Crippen molar-refractivity contribution in [3.8, 4) is 17.2 Å². The van der Waals surface area contributed by atoms with Crippen LogP contribution in [-0.4, -0.2) is 37.1 Å². The van der Waals surface area contributed by atoms with Crippen LogP contribution in [0, 0.1) is 0 Å². The standard InChI is InChI=1S/C22H23F3N2O4/c1-27-16-8-6-5-7-15(16)26-19(21(27)28)14(12-22(23,24)25)9-13-10-17(29-2)20(31-4)18(11-13)30-3/h5-8,10-11,14H,9,12H2,1-4H3. The smallest absolute Gasteiger partial charge is 0.389 e. The number of aryl methyl sites for hydroxylation is 1. The van der Waals surface area contributed by atoms with Gasteiger partial charge in [-0.05, 0) is 36.2 Å². The van der Waals surface area contributed by atoms with Gasteiger partial charge in [-0.25, -0.2) is 4.98 Å². The van der Waals surface area contributed by atoms with E-state index in [2.05, 4.69) is 4.98 Å². The van der Waals surface area contributed by atoms with Gasteiger partial charge in [-0.15, -0.1) is 0 Å². The maximum absolute atomic E-state index is 13.4. The second-order valence-electron chi connectivity index (χ2n) is 7.10. The second kappa shape index (κ2) is 8.87. The molecular weight excluding hydrogens is 413 g/mol. The van der Waals surface area contributed by atoms with Crippen LogP contribution in [0.4, 0.5) is 13.2 Å². The van der Waals surface area contributed by atoms with Crippen LogP contribution in [0.25, 0.3) is 11.0 Å². The maximum atomic E-state index is 13.4. The first kappa shape index (κ1) is 22.5. The Morgan fingerprint density at radius 2 is 1.65 bits per heavy atom. The molecular formula is C22H23F3N2O4. The molecule has 0 bridgehead atoms. The highest BCUT2D eigenvalue weighted by molar-refractivity contribution is 5.74. The molecule has 6 nitrogen and oxygen atoms in total. The molecule has 3 aromatic rings. The summed E-state index contributed by atoms with van der Waals surface area (Å²) in [5.41, 5.74) is 0.819. The fourth-order valence-corrected chi connectivity index (χ4v) is 3.65. The van der Waals surface area contributed by atoms with Gasteiger partial charge in [-0.3, -0.25) is 4.79 Å². The first-order chi connectivity index (χ1) is 14.7. The van der Waals surface area contributed by atoms with Crippen molar-refractivity contribution in [1.82, 2.24) is 9.55 Å². The number of aromatic nitrogens is 2. The van der Waals surface area contributed by atoms with E-state index in [4.69, 9.17) is 14.2 Å². The molecule has 0 saturated heterocycles. The molecule has 9 heteroatoms. The van der Waals surface area contributed by atoms with E-state index < -0.39 is 24.1 Å². The molecule has 0 aliphatic carbocycles. The Labute approximate surface area is 177 Å².